The number of nitrogens with zero attached hydrogens (tertiary/aromatic N) is 3. The zero-order valence-electron chi connectivity index (χ0n) is 22.4. The SMILES string of the molecule is O=C(O)C1CC=CC(c2nn(C(=O)c3c(Cl)cccc3C3CC3)c3c2CCC(C(=O)N2CC(O)(C4CC4)C2)C3)C1. The number of amides is 1. The summed E-state index contributed by atoms with van der Waals surface area (Å²) >= 11 is 6.62. The summed E-state index contributed by atoms with van der Waals surface area (Å²) in [5, 5.41) is 25.7. The van der Waals surface area contributed by atoms with E-state index >= 15 is 0 Å². The molecule has 4 aliphatic carbocycles. The zero-order valence-corrected chi connectivity index (χ0v) is 23.1. The molecule has 0 radical (unpaired) electrons. The van der Waals surface area contributed by atoms with Gasteiger partial charge in [-0.05, 0) is 80.4 Å². The first-order valence-electron chi connectivity index (χ1n) is 14.6. The summed E-state index contributed by atoms with van der Waals surface area (Å²) in [7, 11) is 0. The van der Waals surface area contributed by atoms with Gasteiger partial charge in [0.2, 0.25) is 5.91 Å². The number of carbonyl (C=O) groups excluding carboxylic acids is 2. The summed E-state index contributed by atoms with van der Waals surface area (Å²) in [5.41, 5.74) is 3.10. The predicted molar refractivity (Wildman–Crippen MR) is 147 cm³/mol. The van der Waals surface area contributed by atoms with E-state index in [1.54, 1.807) is 11.0 Å². The molecule has 2 aromatic rings. The number of rotatable bonds is 6. The molecule has 5 aliphatic rings. The van der Waals surface area contributed by atoms with Crippen LogP contribution < -0.4 is 0 Å². The van der Waals surface area contributed by atoms with Crippen molar-refractivity contribution in [3.63, 3.8) is 0 Å². The van der Waals surface area contributed by atoms with E-state index < -0.39 is 17.5 Å². The number of hydrogen-bond acceptors (Lipinski definition) is 5. The molecular formula is C31H34ClN3O5. The monoisotopic (exact) mass is 563 g/mol. The molecule has 3 atom stereocenters. The van der Waals surface area contributed by atoms with Gasteiger partial charge < -0.3 is 15.1 Å². The second-order valence-corrected chi connectivity index (χ2v) is 13.0. The van der Waals surface area contributed by atoms with Gasteiger partial charge in [-0.2, -0.15) is 5.10 Å². The number of allylic oxidation sites excluding steroid dienone is 2. The largest absolute Gasteiger partial charge is 0.481 e. The fraction of sp³-hybridized carbons (Fsp3) is 0.548. The highest BCUT2D eigenvalue weighted by atomic mass is 35.5. The summed E-state index contributed by atoms with van der Waals surface area (Å²) in [6.07, 6.45) is 10.5. The van der Waals surface area contributed by atoms with Crippen LogP contribution in [-0.4, -0.2) is 61.4 Å². The van der Waals surface area contributed by atoms with E-state index in [0.29, 0.717) is 67.6 Å². The number of carbonyl (C=O) groups is 3. The molecule has 2 N–H and O–H groups in total. The fourth-order valence-corrected chi connectivity index (χ4v) is 7.39. The second-order valence-electron chi connectivity index (χ2n) is 12.6. The van der Waals surface area contributed by atoms with E-state index in [1.807, 2.05) is 24.3 Å². The standard InChI is InChI=1S/C31H34ClN3O5/c32-24-6-2-5-22(17-7-8-17)26(24)29(37)35-25-14-19(28(36)34-15-31(40,16-34)21-10-11-21)9-12-23(25)27(33-35)18-3-1-4-20(13-18)30(38)39/h1-3,5-6,17-21,40H,4,7-16H2,(H,38,39). The average molecular weight is 564 g/mol. The Morgan fingerprint density at radius 1 is 1.05 bits per heavy atom. The molecule has 1 aromatic heterocycles. The van der Waals surface area contributed by atoms with Crippen molar-refractivity contribution >= 4 is 29.4 Å². The fourth-order valence-electron chi connectivity index (χ4n) is 7.12. The van der Waals surface area contributed by atoms with E-state index in [-0.39, 0.29) is 23.7 Å². The molecule has 2 saturated carbocycles. The summed E-state index contributed by atoms with van der Waals surface area (Å²) in [6, 6.07) is 5.57. The van der Waals surface area contributed by atoms with Crippen LogP contribution in [0.2, 0.25) is 5.02 Å². The number of aliphatic carboxylic acids is 1. The molecule has 3 fully saturated rings. The molecule has 1 saturated heterocycles. The second kappa shape index (κ2) is 9.55. The quantitative estimate of drug-likeness (QED) is 0.506. The lowest BCUT2D eigenvalue weighted by atomic mass is 9.79. The Balaban J connectivity index is 1.23. The Kier molecular flexibility index (Phi) is 6.20. The third kappa shape index (κ3) is 4.40. The Labute approximate surface area is 238 Å². The van der Waals surface area contributed by atoms with Crippen LogP contribution in [0.15, 0.2) is 30.4 Å². The van der Waals surface area contributed by atoms with Crippen molar-refractivity contribution in [2.75, 3.05) is 13.1 Å². The summed E-state index contributed by atoms with van der Waals surface area (Å²) in [6.45, 7) is 0.772. The van der Waals surface area contributed by atoms with Gasteiger partial charge in [-0.25, -0.2) is 4.68 Å². The molecule has 210 valence electrons. The van der Waals surface area contributed by atoms with E-state index in [0.717, 1.165) is 48.2 Å². The van der Waals surface area contributed by atoms with Crippen molar-refractivity contribution in [1.29, 1.82) is 0 Å². The number of carboxylic acid groups (broad SMARTS) is 1. The van der Waals surface area contributed by atoms with Crippen LogP contribution in [0.4, 0.5) is 0 Å². The normalized spacial score (nSPS) is 27.1. The van der Waals surface area contributed by atoms with Gasteiger partial charge in [0.05, 0.1) is 41.0 Å². The van der Waals surface area contributed by atoms with Gasteiger partial charge in [0, 0.05) is 18.3 Å². The number of carboxylic acids is 1. The van der Waals surface area contributed by atoms with Gasteiger partial charge in [0.15, 0.2) is 0 Å². The lowest BCUT2D eigenvalue weighted by Crippen LogP contribution is -2.65. The number of likely N-dealkylation sites (tertiary alicyclic amines) is 1. The molecular weight excluding hydrogens is 530 g/mol. The lowest BCUT2D eigenvalue weighted by Gasteiger charge is -2.48. The maximum absolute atomic E-state index is 14.2. The van der Waals surface area contributed by atoms with Crippen LogP contribution >= 0.6 is 11.6 Å². The average Bonchev–Trinajstić information content (AvgIpc) is 3.86. The highest BCUT2D eigenvalue weighted by molar-refractivity contribution is 6.34. The van der Waals surface area contributed by atoms with Crippen molar-refractivity contribution in [3.8, 4) is 0 Å². The van der Waals surface area contributed by atoms with E-state index in [2.05, 4.69) is 0 Å². The first kappa shape index (κ1) is 26.0. The molecule has 40 heavy (non-hydrogen) atoms. The Morgan fingerprint density at radius 2 is 1.82 bits per heavy atom. The maximum atomic E-state index is 14.2. The van der Waals surface area contributed by atoms with Gasteiger partial charge in [0.25, 0.3) is 5.91 Å². The van der Waals surface area contributed by atoms with Gasteiger partial charge >= 0.3 is 5.97 Å². The molecule has 0 spiro atoms. The van der Waals surface area contributed by atoms with Gasteiger partial charge in [-0.1, -0.05) is 35.9 Å². The number of β-amino-alcohol motifs (C(OH)–C–C–N with tert-alkyl or cyclic N) is 1. The van der Waals surface area contributed by atoms with Crippen LogP contribution in [0.1, 0.15) is 89.7 Å². The van der Waals surface area contributed by atoms with Crippen LogP contribution in [0.25, 0.3) is 0 Å². The van der Waals surface area contributed by atoms with Crippen molar-refractivity contribution in [2.45, 2.75) is 75.2 Å². The minimum atomic E-state index is -0.824. The first-order valence-corrected chi connectivity index (χ1v) is 15.0. The number of aliphatic hydroxyl groups is 1. The van der Waals surface area contributed by atoms with E-state index in [9.17, 15) is 24.6 Å². The highest BCUT2D eigenvalue weighted by Crippen LogP contribution is 2.46. The van der Waals surface area contributed by atoms with Crippen LogP contribution in [0.3, 0.4) is 0 Å². The van der Waals surface area contributed by atoms with E-state index in [1.165, 1.54) is 4.68 Å². The molecule has 7 rings (SSSR count). The number of hydrogen-bond donors (Lipinski definition) is 2. The molecule has 8 nitrogen and oxygen atoms in total. The molecule has 1 aliphatic heterocycles. The predicted octanol–water partition coefficient (Wildman–Crippen LogP) is 4.33. The Morgan fingerprint density at radius 3 is 2.52 bits per heavy atom. The van der Waals surface area contributed by atoms with Gasteiger partial charge in [-0.3, -0.25) is 14.4 Å². The van der Waals surface area contributed by atoms with Gasteiger partial charge in [-0.15, -0.1) is 0 Å². The minimum Gasteiger partial charge on any atom is -0.481 e. The van der Waals surface area contributed by atoms with Crippen LogP contribution in [-0.2, 0) is 22.4 Å². The maximum Gasteiger partial charge on any atom is 0.306 e. The number of fused-ring (bicyclic) bond motifs is 1. The molecule has 0 bridgehead atoms. The van der Waals surface area contributed by atoms with Crippen LogP contribution in [0, 0.1) is 17.8 Å². The number of halogens is 1. The molecule has 3 unspecified atom stereocenters. The molecule has 1 aromatic carbocycles. The molecule has 2 heterocycles. The number of aromatic nitrogens is 2. The summed E-state index contributed by atoms with van der Waals surface area (Å²) < 4.78 is 1.46. The number of benzene rings is 1. The molecule has 9 heteroatoms. The van der Waals surface area contributed by atoms with E-state index in [4.69, 9.17) is 16.7 Å². The lowest BCUT2D eigenvalue weighted by molar-refractivity contribution is -0.163. The zero-order chi connectivity index (χ0) is 27.8. The third-order valence-electron chi connectivity index (χ3n) is 9.73. The van der Waals surface area contributed by atoms with Crippen molar-refractivity contribution in [3.05, 3.63) is 63.5 Å². The van der Waals surface area contributed by atoms with Crippen molar-refractivity contribution in [1.82, 2.24) is 14.7 Å². The first-order chi connectivity index (χ1) is 19.2. The van der Waals surface area contributed by atoms with Crippen molar-refractivity contribution in [2.24, 2.45) is 17.8 Å². The molecule has 1 amide bonds. The highest BCUT2D eigenvalue weighted by Gasteiger charge is 2.54. The van der Waals surface area contributed by atoms with Crippen LogP contribution in [0.5, 0.6) is 0 Å². The summed E-state index contributed by atoms with van der Waals surface area (Å²) in [4.78, 5) is 41.2. The Bertz CT molecular complexity index is 1430. The Hall–Kier alpha value is -2.97. The smallest absolute Gasteiger partial charge is 0.306 e. The third-order valence-corrected chi connectivity index (χ3v) is 10.0. The van der Waals surface area contributed by atoms with Crippen molar-refractivity contribution < 1.29 is 24.6 Å². The topological polar surface area (TPSA) is 113 Å². The summed E-state index contributed by atoms with van der Waals surface area (Å²) in [5.74, 6) is -1.46. The minimum absolute atomic E-state index is 0.0256. The van der Waals surface area contributed by atoms with Gasteiger partial charge in [0.1, 0.15) is 5.60 Å².